The zero-order valence-corrected chi connectivity index (χ0v) is 15.8. The van der Waals surface area contributed by atoms with E-state index in [0.29, 0.717) is 34.9 Å². The number of hydrogen-bond acceptors (Lipinski definition) is 6. The van der Waals surface area contributed by atoms with Crippen LogP contribution in [-0.4, -0.2) is 32.9 Å². The highest BCUT2D eigenvalue weighted by molar-refractivity contribution is 9.10. The number of hydrogen-bond donors (Lipinski definition) is 1. The van der Waals surface area contributed by atoms with E-state index in [1.54, 1.807) is 6.07 Å². The van der Waals surface area contributed by atoms with Crippen molar-refractivity contribution in [1.29, 1.82) is 0 Å². The third-order valence-corrected chi connectivity index (χ3v) is 3.40. The molecule has 0 bridgehead atoms. The highest BCUT2D eigenvalue weighted by Gasteiger charge is 2.18. The molecule has 0 aliphatic carbocycles. The van der Waals surface area contributed by atoms with Crippen molar-refractivity contribution in [2.24, 2.45) is 0 Å². The third kappa shape index (κ3) is 5.92. The molecule has 0 spiro atoms. The second-order valence-corrected chi connectivity index (χ2v) is 7.24. The lowest BCUT2D eigenvalue weighted by Gasteiger charge is -2.21. The lowest BCUT2D eigenvalue weighted by atomic mass is 10.2. The van der Waals surface area contributed by atoms with Crippen LogP contribution in [0.15, 0.2) is 27.2 Å². The van der Waals surface area contributed by atoms with Crippen molar-refractivity contribution in [2.75, 3.05) is 0 Å². The Morgan fingerprint density at radius 2 is 2.12 bits per heavy atom. The first-order valence-electron chi connectivity index (χ1n) is 7.68. The maximum absolute atomic E-state index is 11.7. The summed E-state index contributed by atoms with van der Waals surface area (Å²) in [5.74, 6) is 0.878. The Labute approximate surface area is 149 Å². The number of carbonyl (C=O) groups is 1. The van der Waals surface area contributed by atoms with Crippen LogP contribution in [0.4, 0.5) is 4.79 Å². The van der Waals surface area contributed by atoms with Gasteiger partial charge in [-0.05, 0) is 62.2 Å². The zero-order valence-electron chi connectivity index (χ0n) is 14.2. The first-order chi connectivity index (χ1) is 11.2. The molecule has 0 saturated heterocycles. The Morgan fingerprint density at radius 3 is 2.79 bits per heavy atom. The SMILES string of the molecule is C[C@@H](CCc1nnc(-c2cccc(Br)n2)o1)NC(=O)OC(C)(C)C. The third-order valence-electron chi connectivity index (χ3n) is 2.96. The van der Waals surface area contributed by atoms with E-state index < -0.39 is 11.7 Å². The van der Waals surface area contributed by atoms with Crippen LogP contribution < -0.4 is 5.32 Å². The van der Waals surface area contributed by atoms with Crippen LogP contribution in [-0.2, 0) is 11.2 Å². The summed E-state index contributed by atoms with van der Waals surface area (Å²) in [4.78, 5) is 16.0. The van der Waals surface area contributed by atoms with Gasteiger partial charge >= 0.3 is 6.09 Å². The smallest absolute Gasteiger partial charge is 0.407 e. The van der Waals surface area contributed by atoms with Gasteiger partial charge in [0, 0.05) is 12.5 Å². The van der Waals surface area contributed by atoms with Gasteiger partial charge in [-0.1, -0.05) is 6.07 Å². The Hall–Kier alpha value is -1.96. The predicted molar refractivity (Wildman–Crippen MR) is 92.4 cm³/mol. The number of rotatable bonds is 5. The summed E-state index contributed by atoms with van der Waals surface area (Å²) in [6.07, 6.45) is 0.782. The van der Waals surface area contributed by atoms with Crippen LogP contribution in [0.3, 0.4) is 0 Å². The molecule has 2 aromatic heterocycles. The normalized spacial score (nSPS) is 12.7. The van der Waals surface area contributed by atoms with Crippen LogP contribution in [0, 0.1) is 0 Å². The van der Waals surface area contributed by atoms with E-state index in [1.165, 1.54) is 0 Å². The fraction of sp³-hybridized carbons (Fsp3) is 0.500. The van der Waals surface area contributed by atoms with Crippen molar-refractivity contribution in [3.63, 3.8) is 0 Å². The Morgan fingerprint density at radius 1 is 1.38 bits per heavy atom. The van der Waals surface area contributed by atoms with Gasteiger partial charge in [0.25, 0.3) is 5.89 Å². The van der Waals surface area contributed by atoms with Crippen molar-refractivity contribution in [1.82, 2.24) is 20.5 Å². The first kappa shape index (κ1) is 18.4. The molecule has 130 valence electrons. The number of alkyl carbamates (subject to hydrolysis) is 1. The second kappa shape index (κ2) is 7.74. The number of carbonyl (C=O) groups excluding carboxylic acids is 1. The Kier molecular flexibility index (Phi) is 5.93. The van der Waals surface area contributed by atoms with Crippen molar-refractivity contribution in [3.05, 3.63) is 28.7 Å². The highest BCUT2D eigenvalue weighted by Crippen LogP contribution is 2.18. The molecule has 2 heterocycles. The molecule has 0 fully saturated rings. The van der Waals surface area contributed by atoms with E-state index in [4.69, 9.17) is 9.15 Å². The molecule has 24 heavy (non-hydrogen) atoms. The molecule has 0 radical (unpaired) electrons. The molecule has 8 heteroatoms. The largest absolute Gasteiger partial charge is 0.444 e. The van der Waals surface area contributed by atoms with Gasteiger partial charge in [0.05, 0.1) is 0 Å². The summed E-state index contributed by atoms with van der Waals surface area (Å²) in [5, 5.41) is 10.8. The maximum Gasteiger partial charge on any atom is 0.407 e. The molecule has 7 nitrogen and oxygen atoms in total. The van der Waals surface area contributed by atoms with Gasteiger partial charge in [-0.3, -0.25) is 0 Å². The van der Waals surface area contributed by atoms with E-state index in [9.17, 15) is 4.79 Å². The van der Waals surface area contributed by atoms with Crippen molar-refractivity contribution in [2.45, 2.75) is 52.2 Å². The summed E-state index contributed by atoms with van der Waals surface area (Å²) in [6.45, 7) is 7.38. The van der Waals surface area contributed by atoms with Crippen LogP contribution >= 0.6 is 15.9 Å². The predicted octanol–water partition coefficient (Wildman–Crippen LogP) is 3.74. The number of ether oxygens (including phenoxy) is 1. The first-order valence-corrected chi connectivity index (χ1v) is 8.47. The van der Waals surface area contributed by atoms with Gasteiger partial charge in [0.15, 0.2) is 0 Å². The average molecular weight is 397 g/mol. The van der Waals surface area contributed by atoms with E-state index >= 15 is 0 Å². The minimum atomic E-state index is -0.512. The van der Waals surface area contributed by atoms with Crippen LogP contribution in [0.5, 0.6) is 0 Å². The molecule has 1 amide bonds. The van der Waals surface area contributed by atoms with E-state index in [2.05, 4.69) is 36.4 Å². The number of nitrogens with zero attached hydrogens (tertiary/aromatic N) is 3. The van der Waals surface area contributed by atoms with Gasteiger partial charge in [-0.15, -0.1) is 10.2 Å². The average Bonchev–Trinajstić information content (AvgIpc) is 2.92. The number of pyridine rings is 1. The molecular formula is C16H21BrN4O3. The molecule has 0 unspecified atom stereocenters. The standard InChI is InChI=1S/C16H21BrN4O3/c1-10(18-15(22)24-16(2,3)4)8-9-13-20-21-14(23-13)11-6-5-7-12(17)19-11/h5-7,10H,8-9H2,1-4H3,(H,18,22)/t10-/m0/s1. The quantitative estimate of drug-likeness (QED) is 0.773. The number of nitrogens with one attached hydrogen (secondary N) is 1. The lowest BCUT2D eigenvalue weighted by Crippen LogP contribution is -2.37. The topological polar surface area (TPSA) is 90.1 Å². The van der Waals surface area contributed by atoms with Gasteiger partial charge in [-0.2, -0.15) is 0 Å². The van der Waals surface area contributed by atoms with Gasteiger partial charge in [0.1, 0.15) is 15.9 Å². The molecule has 0 aliphatic rings. The molecule has 2 aromatic rings. The highest BCUT2D eigenvalue weighted by atomic mass is 79.9. The molecule has 0 aliphatic heterocycles. The number of aryl methyl sites for hydroxylation is 1. The minimum absolute atomic E-state index is 0.0702. The van der Waals surface area contributed by atoms with Crippen molar-refractivity contribution in [3.8, 4) is 11.6 Å². The van der Waals surface area contributed by atoms with Crippen molar-refractivity contribution < 1.29 is 13.9 Å². The van der Waals surface area contributed by atoms with Crippen LogP contribution in [0.1, 0.15) is 40.0 Å². The van der Waals surface area contributed by atoms with E-state index in [-0.39, 0.29) is 6.04 Å². The summed E-state index contributed by atoms with van der Waals surface area (Å²) < 4.78 is 11.5. The Balaban J connectivity index is 1.86. The number of amides is 1. The molecule has 1 atom stereocenters. The van der Waals surface area contributed by atoms with Crippen molar-refractivity contribution >= 4 is 22.0 Å². The van der Waals surface area contributed by atoms with Crippen LogP contribution in [0.2, 0.25) is 0 Å². The van der Waals surface area contributed by atoms with Gasteiger partial charge < -0.3 is 14.5 Å². The zero-order chi connectivity index (χ0) is 17.7. The molecule has 1 N–H and O–H groups in total. The summed E-state index contributed by atoms with van der Waals surface area (Å²) >= 11 is 3.31. The summed E-state index contributed by atoms with van der Waals surface area (Å²) in [7, 11) is 0. The van der Waals surface area contributed by atoms with Crippen LogP contribution in [0.25, 0.3) is 11.6 Å². The fourth-order valence-electron chi connectivity index (χ4n) is 1.91. The lowest BCUT2D eigenvalue weighted by molar-refractivity contribution is 0.0506. The monoisotopic (exact) mass is 396 g/mol. The van der Waals surface area contributed by atoms with Gasteiger partial charge in [0.2, 0.25) is 5.89 Å². The number of halogens is 1. The summed E-state index contributed by atoms with van der Waals surface area (Å²) in [6, 6.07) is 5.40. The molecule has 0 saturated carbocycles. The van der Waals surface area contributed by atoms with E-state index in [1.807, 2.05) is 39.8 Å². The molecular weight excluding hydrogens is 376 g/mol. The van der Waals surface area contributed by atoms with E-state index in [0.717, 1.165) is 0 Å². The minimum Gasteiger partial charge on any atom is -0.444 e. The van der Waals surface area contributed by atoms with Gasteiger partial charge in [-0.25, -0.2) is 9.78 Å². The fourth-order valence-corrected chi connectivity index (χ4v) is 2.25. The molecule has 2 rings (SSSR count). The summed E-state index contributed by atoms with van der Waals surface area (Å²) in [5.41, 5.74) is 0.102. The molecule has 0 aromatic carbocycles. The number of aromatic nitrogens is 3. The second-order valence-electron chi connectivity index (χ2n) is 6.43. The maximum atomic E-state index is 11.7. The Bertz CT molecular complexity index is 697.